The lowest BCUT2D eigenvalue weighted by molar-refractivity contribution is 0.311. The van der Waals surface area contributed by atoms with Crippen LogP contribution in [0.25, 0.3) is 22.8 Å². The first-order valence-corrected chi connectivity index (χ1v) is 7.72. The van der Waals surface area contributed by atoms with Crippen LogP contribution in [-0.2, 0) is 14.1 Å². The molecule has 25 heavy (non-hydrogen) atoms. The Bertz CT molecular complexity index is 1020. The highest BCUT2D eigenvalue weighted by molar-refractivity contribution is 5.66. The second-order valence-electron chi connectivity index (χ2n) is 5.47. The van der Waals surface area contributed by atoms with E-state index in [4.69, 9.17) is 9.47 Å². The number of benzene rings is 1. The van der Waals surface area contributed by atoms with Crippen LogP contribution in [0.5, 0.6) is 11.5 Å². The number of hydrogen-bond acceptors (Lipinski definition) is 6. The Balaban J connectivity index is 2.22. The van der Waals surface area contributed by atoms with E-state index < -0.39 is 11.2 Å². The summed E-state index contributed by atoms with van der Waals surface area (Å²) in [5, 5.41) is 0. The second-order valence-corrected chi connectivity index (χ2v) is 5.47. The largest absolute Gasteiger partial charge is 0.493 e. The lowest BCUT2D eigenvalue weighted by atomic mass is 10.1. The number of aryl methyl sites for hydroxylation is 1. The minimum atomic E-state index is -0.606. The quantitative estimate of drug-likeness (QED) is 0.704. The van der Waals surface area contributed by atoms with E-state index in [0.29, 0.717) is 23.8 Å². The van der Waals surface area contributed by atoms with Crippen LogP contribution in [0.4, 0.5) is 0 Å². The number of nitrogens with zero attached hydrogens (tertiary/aromatic N) is 4. The standard InChI is InChI=1S/C17H18N4O4/c1-5-25-12-7-6-10(8-13(12)24-4)11-9-20(2)15-14(18-11)16(22)21(3)17(23)19-15/h6-9H,5H2,1-4H3. The summed E-state index contributed by atoms with van der Waals surface area (Å²) in [5.41, 5.74) is 0.366. The van der Waals surface area contributed by atoms with Gasteiger partial charge in [-0.25, -0.2) is 9.78 Å². The van der Waals surface area contributed by atoms with Crippen LogP contribution in [0.1, 0.15) is 6.92 Å². The number of methoxy groups -OCH3 is 1. The summed E-state index contributed by atoms with van der Waals surface area (Å²) < 4.78 is 13.4. The number of rotatable bonds is 4. The van der Waals surface area contributed by atoms with Crippen LogP contribution in [-0.4, -0.2) is 32.8 Å². The van der Waals surface area contributed by atoms with Gasteiger partial charge < -0.3 is 14.0 Å². The second kappa shape index (κ2) is 6.39. The van der Waals surface area contributed by atoms with E-state index in [2.05, 4.69) is 9.97 Å². The molecule has 0 spiro atoms. The molecule has 2 heterocycles. The van der Waals surface area contributed by atoms with Crippen molar-refractivity contribution in [3.05, 3.63) is 45.2 Å². The van der Waals surface area contributed by atoms with Gasteiger partial charge in [0.2, 0.25) is 0 Å². The molecule has 0 bridgehead atoms. The zero-order valence-corrected chi connectivity index (χ0v) is 14.4. The fourth-order valence-electron chi connectivity index (χ4n) is 2.54. The summed E-state index contributed by atoms with van der Waals surface area (Å²) >= 11 is 0. The van der Waals surface area contributed by atoms with Gasteiger partial charge in [-0.3, -0.25) is 9.36 Å². The fraction of sp³-hybridized carbons (Fsp3) is 0.294. The molecule has 0 unspecified atom stereocenters. The molecule has 3 rings (SSSR count). The molecule has 2 aliphatic heterocycles. The molecule has 1 aromatic carbocycles. The third-order valence-corrected chi connectivity index (χ3v) is 3.85. The maximum absolute atomic E-state index is 12.3. The molecule has 130 valence electrons. The summed E-state index contributed by atoms with van der Waals surface area (Å²) in [5.74, 6) is 1.45. The highest BCUT2D eigenvalue weighted by Crippen LogP contribution is 2.32. The molecule has 8 nitrogen and oxygen atoms in total. The van der Waals surface area contributed by atoms with E-state index in [0.717, 1.165) is 10.1 Å². The molecule has 0 N–H and O–H groups in total. The van der Waals surface area contributed by atoms with Gasteiger partial charge in [0.05, 0.1) is 19.4 Å². The average molecular weight is 342 g/mol. The summed E-state index contributed by atoms with van der Waals surface area (Å²) in [7, 11) is 4.65. The van der Waals surface area contributed by atoms with Crippen molar-refractivity contribution in [2.24, 2.45) is 14.1 Å². The van der Waals surface area contributed by atoms with Gasteiger partial charge >= 0.3 is 5.69 Å². The van der Waals surface area contributed by atoms with Crippen molar-refractivity contribution in [1.82, 2.24) is 19.1 Å². The minimum absolute atomic E-state index is 0.134. The molecule has 0 atom stereocenters. The molecular formula is C17H18N4O4. The first-order chi connectivity index (χ1) is 12.0. The summed E-state index contributed by atoms with van der Waals surface area (Å²) in [6.45, 7) is 2.42. The van der Waals surface area contributed by atoms with Crippen molar-refractivity contribution in [3.63, 3.8) is 0 Å². The lowest BCUT2D eigenvalue weighted by Crippen LogP contribution is -2.36. The van der Waals surface area contributed by atoms with Crippen LogP contribution in [0.2, 0.25) is 0 Å². The number of aromatic nitrogens is 4. The molecule has 0 amide bonds. The minimum Gasteiger partial charge on any atom is -0.493 e. The lowest BCUT2D eigenvalue weighted by Gasteiger charge is -2.14. The first kappa shape index (κ1) is 16.7. The summed E-state index contributed by atoms with van der Waals surface area (Å²) in [4.78, 5) is 32.4. The Hall–Kier alpha value is -3.16. The zero-order valence-electron chi connectivity index (χ0n) is 14.4. The van der Waals surface area contributed by atoms with Crippen molar-refractivity contribution in [2.75, 3.05) is 13.7 Å². The van der Waals surface area contributed by atoms with E-state index in [1.165, 1.54) is 7.05 Å². The fourth-order valence-corrected chi connectivity index (χ4v) is 2.54. The molecule has 0 aliphatic carbocycles. The van der Waals surface area contributed by atoms with E-state index in [9.17, 15) is 9.59 Å². The van der Waals surface area contributed by atoms with Gasteiger partial charge in [-0.05, 0) is 25.1 Å². The SMILES string of the molecule is CCOc1ccc(-c2cn(C)c3nc(=O)n(C)c(=O)c-3n2)cc1OC. The normalized spacial score (nSPS) is 10.9. The van der Waals surface area contributed by atoms with Crippen LogP contribution in [0.3, 0.4) is 0 Å². The van der Waals surface area contributed by atoms with Crippen molar-refractivity contribution < 1.29 is 9.47 Å². The van der Waals surface area contributed by atoms with Gasteiger partial charge in [-0.1, -0.05) is 0 Å². The third kappa shape index (κ3) is 2.86. The molecule has 2 aliphatic rings. The average Bonchev–Trinajstić information content (AvgIpc) is 2.61. The smallest absolute Gasteiger partial charge is 0.352 e. The predicted octanol–water partition coefficient (Wildman–Crippen LogP) is 1.05. The van der Waals surface area contributed by atoms with E-state index in [1.807, 2.05) is 13.0 Å². The number of fused-ring (bicyclic) bond motifs is 1. The van der Waals surface area contributed by atoms with Gasteiger partial charge in [0.25, 0.3) is 5.56 Å². The van der Waals surface area contributed by atoms with Crippen LogP contribution in [0, 0.1) is 0 Å². The van der Waals surface area contributed by atoms with Gasteiger partial charge in [0.1, 0.15) is 0 Å². The number of ether oxygens (including phenoxy) is 2. The predicted molar refractivity (Wildman–Crippen MR) is 92.3 cm³/mol. The van der Waals surface area contributed by atoms with Crippen LogP contribution >= 0.6 is 0 Å². The molecule has 0 saturated carbocycles. The van der Waals surface area contributed by atoms with Crippen LogP contribution < -0.4 is 20.7 Å². The Morgan fingerprint density at radius 1 is 1.12 bits per heavy atom. The van der Waals surface area contributed by atoms with E-state index in [-0.39, 0.29) is 11.5 Å². The zero-order chi connectivity index (χ0) is 18.1. The van der Waals surface area contributed by atoms with Gasteiger partial charge in [0.15, 0.2) is 23.0 Å². The molecule has 0 fully saturated rings. The molecule has 0 radical (unpaired) electrons. The Labute approximate surface area is 143 Å². The van der Waals surface area contributed by atoms with Crippen molar-refractivity contribution in [1.29, 1.82) is 0 Å². The highest BCUT2D eigenvalue weighted by atomic mass is 16.5. The summed E-state index contributed by atoms with van der Waals surface area (Å²) in [6.07, 6.45) is 1.71. The molecule has 8 heteroatoms. The number of hydrogen-bond donors (Lipinski definition) is 0. The van der Waals surface area contributed by atoms with Crippen molar-refractivity contribution in [3.8, 4) is 34.3 Å². The van der Waals surface area contributed by atoms with E-state index in [1.54, 1.807) is 37.1 Å². The Kier molecular flexibility index (Phi) is 4.26. The maximum Gasteiger partial charge on any atom is 0.352 e. The van der Waals surface area contributed by atoms with Crippen molar-refractivity contribution in [2.45, 2.75) is 6.92 Å². The maximum atomic E-state index is 12.3. The Morgan fingerprint density at radius 2 is 1.88 bits per heavy atom. The molecule has 1 aromatic rings. The molecular weight excluding hydrogens is 324 g/mol. The monoisotopic (exact) mass is 342 g/mol. The van der Waals surface area contributed by atoms with Crippen LogP contribution in [0.15, 0.2) is 34.0 Å². The Morgan fingerprint density at radius 3 is 2.56 bits per heavy atom. The molecule has 0 saturated heterocycles. The first-order valence-electron chi connectivity index (χ1n) is 7.72. The van der Waals surface area contributed by atoms with Crippen molar-refractivity contribution >= 4 is 0 Å². The van der Waals surface area contributed by atoms with Gasteiger partial charge in [0, 0.05) is 25.9 Å². The third-order valence-electron chi connectivity index (χ3n) is 3.85. The topological polar surface area (TPSA) is 88.2 Å². The highest BCUT2D eigenvalue weighted by Gasteiger charge is 2.18. The van der Waals surface area contributed by atoms with E-state index >= 15 is 0 Å². The van der Waals surface area contributed by atoms with Gasteiger partial charge in [-0.15, -0.1) is 0 Å². The van der Waals surface area contributed by atoms with Gasteiger partial charge in [-0.2, -0.15) is 4.98 Å². The molecule has 0 aromatic heterocycles. The summed E-state index contributed by atoms with van der Waals surface area (Å²) in [6, 6.07) is 5.42.